The molecule has 1 aliphatic rings. The number of aliphatic hydroxyl groups excluding tert-OH is 1. The number of rotatable bonds is 7. The Morgan fingerprint density at radius 1 is 0.650 bits per heavy atom. The highest BCUT2D eigenvalue weighted by Gasteiger charge is 2.38. The van der Waals surface area contributed by atoms with Gasteiger partial charge in [-0.1, -0.05) is 12.1 Å². The van der Waals surface area contributed by atoms with Gasteiger partial charge in [-0.3, -0.25) is 0 Å². The van der Waals surface area contributed by atoms with Gasteiger partial charge in [0, 0.05) is 40.1 Å². The molecule has 1 aromatic heterocycles. The first-order chi connectivity index (χ1) is 19.5. The third-order valence-electron chi connectivity index (χ3n) is 7.64. The molecule has 40 heavy (non-hydrogen) atoms. The summed E-state index contributed by atoms with van der Waals surface area (Å²) < 4.78 is 34.7. The fourth-order valence-electron chi connectivity index (χ4n) is 5.70. The number of aliphatic hydroxyl groups is 1. The van der Waals surface area contributed by atoms with Crippen molar-refractivity contribution in [1.82, 2.24) is 0 Å². The number of ether oxygens (including phenoxy) is 5. The van der Waals surface area contributed by atoms with Crippen LogP contribution in [0.25, 0.3) is 33.4 Å². The van der Waals surface area contributed by atoms with Crippen molar-refractivity contribution in [2.24, 2.45) is 0 Å². The van der Waals surface area contributed by atoms with Crippen LogP contribution in [0.2, 0.25) is 0 Å². The highest BCUT2D eigenvalue weighted by Crippen LogP contribution is 2.56. The molecular formula is C33H30O7. The third kappa shape index (κ3) is 4.01. The van der Waals surface area contributed by atoms with Crippen molar-refractivity contribution in [2.75, 3.05) is 35.5 Å². The summed E-state index contributed by atoms with van der Waals surface area (Å²) in [6.45, 7) is 0. The molecule has 1 aliphatic carbocycles. The first-order valence-electron chi connectivity index (χ1n) is 12.9. The fourth-order valence-corrected chi connectivity index (χ4v) is 5.70. The lowest BCUT2D eigenvalue weighted by Gasteiger charge is -2.27. The molecule has 4 aromatic carbocycles. The molecule has 0 spiro atoms. The number of methoxy groups -OCH3 is 5. The van der Waals surface area contributed by atoms with E-state index in [0.717, 1.165) is 44.7 Å². The van der Waals surface area contributed by atoms with Crippen molar-refractivity contribution in [2.45, 2.75) is 12.0 Å². The molecule has 204 valence electrons. The van der Waals surface area contributed by atoms with Gasteiger partial charge in [0.25, 0.3) is 0 Å². The highest BCUT2D eigenvalue weighted by molar-refractivity contribution is 6.06. The van der Waals surface area contributed by atoms with Crippen molar-refractivity contribution in [1.29, 1.82) is 0 Å². The van der Waals surface area contributed by atoms with E-state index in [1.165, 1.54) is 0 Å². The highest BCUT2D eigenvalue weighted by atomic mass is 16.5. The van der Waals surface area contributed by atoms with Gasteiger partial charge in [-0.2, -0.15) is 0 Å². The summed E-state index contributed by atoms with van der Waals surface area (Å²) in [4.78, 5) is 0. The molecule has 0 saturated heterocycles. The minimum atomic E-state index is -0.949. The van der Waals surface area contributed by atoms with Crippen molar-refractivity contribution in [3.05, 3.63) is 89.5 Å². The normalized spacial score (nSPS) is 15.8. The van der Waals surface area contributed by atoms with Crippen molar-refractivity contribution in [3.63, 3.8) is 0 Å². The van der Waals surface area contributed by atoms with E-state index in [1.807, 2.05) is 72.8 Å². The lowest BCUT2D eigenvalue weighted by atomic mass is 9.82. The van der Waals surface area contributed by atoms with E-state index in [-0.39, 0.29) is 0 Å². The predicted octanol–water partition coefficient (Wildman–Crippen LogP) is 6.99. The van der Waals surface area contributed by atoms with Gasteiger partial charge in [-0.25, -0.2) is 0 Å². The smallest absolute Gasteiger partial charge is 0.143 e. The Balaban J connectivity index is 1.74. The standard InChI is InChI=1S/C33H30O7/c1-35-20-10-6-18(7-11-20)28-29-24(14-22(37-3)16-26(29)39-5)31-30-25(32(28)34)15-23(38-4)17-27(30)40-33(31)19-8-12-21(36-2)13-9-19/h6-17,28,32,34H,1-5H3/t28-,32-/m1/s1. The number of hydrogen-bond donors (Lipinski definition) is 1. The predicted molar refractivity (Wildman–Crippen MR) is 153 cm³/mol. The summed E-state index contributed by atoms with van der Waals surface area (Å²) in [6.07, 6.45) is -0.949. The lowest BCUT2D eigenvalue weighted by molar-refractivity contribution is 0.159. The zero-order valence-electron chi connectivity index (χ0n) is 23.0. The van der Waals surface area contributed by atoms with Gasteiger partial charge in [-0.05, 0) is 65.2 Å². The van der Waals surface area contributed by atoms with E-state index >= 15 is 0 Å². The molecule has 0 radical (unpaired) electrons. The maximum absolute atomic E-state index is 12.2. The van der Waals surface area contributed by atoms with Gasteiger partial charge < -0.3 is 33.2 Å². The Bertz CT molecular complexity index is 1680. The average Bonchev–Trinajstić information content (AvgIpc) is 3.35. The molecule has 0 unspecified atom stereocenters. The van der Waals surface area contributed by atoms with Crippen LogP contribution in [0, 0.1) is 0 Å². The lowest BCUT2D eigenvalue weighted by Crippen LogP contribution is -2.14. The fraction of sp³-hybridized carbons (Fsp3) is 0.212. The monoisotopic (exact) mass is 538 g/mol. The second-order valence-corrected chi connectivity index (χ2v) is 9.61. The Morgan fingerprint density at radius 3 is 1.85 bits per heavy atom. The summed E-state index contributed by atoms with van der Waals surface area (Å²) in [5.41, 5.74) is 5.60. The molecule has 0 bridgehead atoms. The summed E-state index contributed by atoms with van der Waals surface area (Å²) in [5, 5.41) is 13.0. The van der Waals surface area contributed by atoms with E-state index < -0.39 is 12.0 Å². The maximum Gasteiger partial charge on any atom is 0.143 e. The van der Waals surface area contributed by atoms with Crippen LogP contribution in [0.3, 0.4) is 0 Å². The van der Waals surface area contributed by atoms with E-state index in [4.69, 9.17) is 28.1 Å². The SMILES string of the molecule is COc1ccc(-c2oc3cc(OC)cc4c3c2-c2cc(OC)cc(OC)c2[C@@H](c2ccc(OC)cc2)[C@@H]4O)cc1. The van der Waals surface area contributed by atoms with Gasteiger partial charge >= 0.3 is 0 Å². The van der Waals surface area contributed by atoms with Gasteiger partial charge in [0.15, 0.2) is 0 Å². The van der Waals surface area contributed by atoms with Gasteiger partial charge in [-0.15, -0.1) is 0 Å². The molecule has 7 nitrogen and oxygen atoms in total. The zero-order valence-corrected chi connectivity index (χ0v) is 23.0. The Morgan fingerprint density at radius 2 is 1.25 bits per heavy atom. The Kier molecular flexibility index (Phi) is 6.52. The number of benzene rings is 4. The van der Waals surface area contributed by atoms with Gasteiger partial charge in [0.1, 0.15) is 40.1 Å². The van der Waals surface area contributed by atoms with E-state index in [2.05, 4.69) is 0 Å². The number of furan rings is 1. The zero-order chi connectivity index (χ0) is 28.0. The van der Waals surface area contributed by atoms with Crippen LogP contribution in [0.15, 0.2) is 77.2 Å². The molecule has 1 heterocycles. The van der Waals surface area contributed by atoms with Crippen LogP contribution in [0.4, 0.5) is 0 Å². The minimum Gasteiger partial charge on any atom is -0.497 e. The largest absolute Gasteiger partial charge is 0.497 e. The molecule has 6 rings (SSSR count). The van der Waals surface area contributed by atoms with Crippen molar-refractivity contribution >= 4 is 11.0 Å². The van der Waals surface area contributed by atoms with E-state index in [9.17, 15) is 5.11 Å². The Hall–Kier alpha value is -4.62. The van der Waals surface area contributed by atoms with Crippen LogP contribution < -0.4 is 23.7 Å². The van der Waals surface area contributed by atoms with E-state index in [0.29, 0.717) is 34.2 Å². The third-order valence-corrected chi connectivity index (χ3v) is 7.64. The molecular weight excluding hydrogens is 508 g/mol. The quantitative estimate of drug-likeness (QED) is 0.239. The van der Waals surface area contributed by atoms with Gasteiger partial charge in [0.05, 0.1) is 41.7 Å². The summed E-state index contributed by atoms with van der Waals surface area (Å²) in [6, 6.07) is 23.0. The maximum atomic E-state index is 12.2. The Labute approximate surface area is 232 Å². The molecule has 0 aliphatic heterocycles. The number of hydrogen-bond acceptors (Lipinski definition) is 7. The van der Waals surface area contributed by atoms with Crippen LogP contribution in [0.1, 0.15) is 28.7 Å². The van der Waals surface area contributed by atoms with Gasteiger partial charge in [0.2, 0.25) is 0 Å². The summed E-state index contributed by atoms with van der Waals surface area (Å²) in [7, 11) is 8.13. The molecule has 0 saturated carbocycles. The summed E-state index contributed by atoms with van der Waals surface area (Å²) >= 11 is 0. The van der Waals surface area contributed by atoms with Crippen LogP contribution >= 0.6 is 0 Å². The minimum absolute atomic E-state index is 0.479. The second kappa shape index (κ2) is 10.2. The molecule has 7 heteroatoms. The topological polar surface area (TPSA) is 79.5 Å². The molecule has 1 N–H and O–H groups in total. The number of fused-ring (bicyclic) bond motifs is 2. The van der Waals surface area contributed by atoms with Crippen LogP contribution in [0.5, 0.6) is 28.7 Å². The average molecular weight is 539 g/mol. The van der Waals surface area contributed by atoms with Crippen LogP contribution in [-0.4, -0.2) is 40.7 Å². The first-order valence-corrected chi connectivity index (χ1v) is 12.9. The molecule has 0 amide bonds. The molecule has 0 fully saturated rings. The summed E-state index contributed by atoms with van der Waals surface area (Å²) in [5.74, 6) is 3.48. The molecule has 2 atom stereocenters. The van der Waals surface area contributed by atoms with Crippen molar-refractivity contribution < 1.29 is 33.2 Å². The van der Waals surface area contributed by atoms with Crippen molar-refractivity contribution in [3.8, 4) is 51.2 Å². The van der Waals surface area contributed by atoms with Crippen LogP contribution in [-0.2, 0) is 0 Å². The first kappa shape index (κ1) is 25.6. The second-order valence-electron chi connectivity index (χ2n) is 9.61. The van der Waals surface area contributed by atoms with E-state index in [1.54, 1.807) is 35.5 Å². The molecule has 5 aromatic rings.